The first-order chi connectivity index (χ1) is 12.6. The average molecular weight is 446 g/mol. The van der Waals surface area contributed by atoms with Crippen LogP contribution in [0.25, 0.3) is 0 Å². The third-order valence-electron chi connectivity index (χ3n) is 4.90. The Labute approximate surface area is 162 Å². The van der Waals surface area contributed by atoms with Crippen molar-refractivity contribution in [2.24, 2.45) is 7.05 Å². The second kappa shape index (κ2) is 7.27. The van der Waals surface area contributed by atoms with Crippen LogP contribution < -0.4 is 0 Å². The van der Waals surface area contributed by atoms with Gasteiger partial charge in [-0.25, -0.2) is 4.98 Å². The van der Waals surface area contributed by atoms with Gasteiger partial charge in [0.25, 0.3) is 0 Å². The van der Waals surface area contributed by atoms with Crippen molar-refractivity contribution in [3.8, 4) is 0 Å². The quantitative estimate of drug-likeness (QED) is 0.780. The maximum Gasteiger partial charge on any atom is 0.425 e. The first-order valence-corrected chi connectivity index (χ1v) is 9.24. The second-order valence-electron chi connectivity index (χ2n) is 6.69. The Morgan fingerprint density at radius 1 is 1.33 bits per heavy atom. The number of aromatic nitrogens is 2. The molecular formula is C18H19BrF3N3O2. The number of nitrogens with zero attached hydrogens (tertiary/aromatic N) is 3. The van der Waals surface area contributed by atoms with Crippen LogP contribution in [0, 0.1) is 0 Å². The van der Waals surface area contributed by atoms with Crippen molar-refractivity contribution in [1.82, 2.24) is 14.5 Å². The molecule has 27 heavy (non-hydrogen) atoms. The number of carbonyl (C=O) groups is 1. The number of aryl methyl sites for hydroxylation is 1. The minimum absolute atomic E-state index is 0.301. The van der Waals surface area contributed by atoms with Crippen molar-refractivity contribution in [3.63, 3.8) is 0 Å². The molecule has 1 amide bonds. The summed E-state index contributed by atoms with van der Waals surface area (Å²) < 4.78 is 43.0. The Morgan fingerprint density at radius 2 is 2.00 bits per heavy atom. The molecule has 5 nitrogen and oxygen atoms in total. The average Bonchev–Trinajstić information content (AvgIpc) is 3.23. The molecule has 146 valence electrons. The van der Waals surface area contributed by atoms with Crippen molar-refractivity contribution >= 4 is 21.8 Å². The fourth-order valence-electron chi connectivity index (χ4n) is 3.49. The number of hydrogen-bond acceptors (Lipinski definition) is 3. The Balaban J connectivity index is 1.87. The highest BCUT2D eigenvalue weighted by molar-refractivity contribution is 9.10. The lowest BCUT2D eigenvalue weighted by Crippen LogP contribution is -2.48. The van der Waals surface area contributed by atoms with Gasteiger partial charge in [-0.1, -0.05) is 28.1 Å². The normalized spacial score (nSPS) is 19.9. The van der Waals surface area contributed by atoms with E-state index in [-0.39, 0.29) is 6.04 Å². The first kappa shape index (κ1) is 19.9. The van der Waals surface area contributed by atoms with Crippen LogP contribution in [0.1, 0.15) is 36.7 Å². The Bertz CT molecular complexity index is 822. The maximum absolute atomic E-state index is 13.7. The predicted octanol–water partition coefficient (Wildman–Crippen LogP) is 3.69. The monoisotopic (exact) mass is 445 g/mol. The lowest BCUT2D eigenvalue weighted by molar-refractivity contribution is -0.272. The van der Waals surface area contributed by atoms with E-state index in [2.05, 4.69) is 20.9 Å². The summed E-state index contributed by atoms with van der Waals surface area (Å²) in [5.74, 6) is -1.34. The van der Waals surface area contributed by atoms with E-state index >= 15 is 0 Å². The van der Waals surface area contributed by atoms with Gasteiger partial charge in [0.1, 0.15) is 0 Å². The molecule has 3 rings (SSSR count). The zero-order valence-corrected chi connectivity index (χ0v) is 16.2. The topological polar surface area (TPSA) is 58.4 Å². The number of imidazole rings is 1. The van der Waals surface area contributed by atoms with Crippen molar-refractivity contribution in [3.05, 3.63) is 52.5 Å². The van der Waals surface area contributed by atoms with E-state index in [0.717, 1.165) is 20.8 Å². The standard InChI is InChI=1S/C18H19BrF3N3O2/c1-24-10-8-23-16(24)17(27,18(20,21)22)11-15(26)25-9-2-3-14(25)12-4-6-13(19)7-5-12/h4-8,10,14,27H,2-3,9,11H2,1H3. The van der Waals surface area contributed by atoms with Crippen molar-refractivity contribution in [1.29, 1.82) is 0 Å². The molecule has 2 atom stereocenters. The first-order valence-electron chi connectivity index (χ1n) is 8.45. The van der Waals surface area contributed by atoms with Gasteiger partial charge in [0.05, 0.1) is 12.5 Å². The van der Waals surface area contributed by atoms with Gasteiger partial charge in [0, 0.05) is 30.5 Å². The van der Waals surface area contributed by atoms with Crippen LogP contribution in [-0.2, 0) is 17.4 Å². The second-order valence-corrected chi connectivity index (χ2v) is 7.61. The maximum atomic E-state index is 13.7. The van der Waals surface area contributed by atoms with E-state index in [1.165, 1.54) is 18.1 Å². The van der Waals surface area contributed by atoms with Crippen LogP contribution in [0.4, 0.5) is 13.2 Å². The smallest absolute Gasteiger partial charge is 0.374 e. The summed E-state index contributed by atoms with van der Waals surface area (Å²) in [7, 11) is 1.35. The molecule has 1 aromatic heterocycles. The zero-order valence-electron chi connectivity index (χ0n) is 14.6. The number of likely N-dealkylation sites (tertiary alicyclic amines) is 1. The van der Waals surface area contributed by atoms with Crippen molar-refractivity contribution in [2.75, 3.05) is 6.54 Å². The molecule has 0 spiro atoms. The van der Waals surface area contributed by atoms with Gasteiger partial charge in [-0.15, -0.1) is 0 Å². The van der Waals surface area contributed by atoms with Gasteiger partial charge in [0.2, 0.25) is 11.5 Å². The van der Waals surface area contributed by atoms with Gasteiger partial charge in [0.15, 0.2) is 5.82 Å². The molecule has 1 aliphatic rings. The summed E-state index contributed by atoms with van der Waals surface area (Å²) in [6, 6.07) is 7.04. The number of rotatable bonds is 4. The van der Waals surface area contributed by atoms with Crippen LogP contribution in [0.2, 0.25) is 0 Å². The third-order valence-corrected chi connectivity index (χ3v) is 5.42. The number of carbonyl (C=O) groups excluding carboxylic acids is 1. The number of alkyl halides is 3. The SMILES string of the molecule is Cn1ccnc1C(O)(CC(=O)N1CCCC1c1ccc(Br)cc1)C(F)(F)F. The molecule has 0 aliphatic carbocycles. The lowest BCUT2D eigenvalue weighted by atomic mass is 9.96. The molecule has 2 heterocycles. The van der Waals surface area contributed by atoms with Crippen molar-refractivity contribution < 1.29 is 23.1 Å². The molecule has 9 heteroatoms. The van der Waals surface area contributed by atoms with E-state index in [1.807, 2.05) is 24.3 Å². The summed E-state index contributed by atoms with van der Waals surface area (Å²) in [6.45, 7) is 0.355. The molecule has 1 aliphatic heterocycles. The number of hydrogen-bond donors (Lipinski definition) is 1. The van der Waals surface area contributed by atoms with Crippen molar-refractivity contribution in [2.45, 2.75) is 37.1 Å². The minimum atomic E-state index is -5.03. The highest BCUT2D eigenvalue weighted by Gasteiger charge is 2.59. The van der Waals surface area contributed by atoms with Gasteiger partial charge in [-0.05, 0) is 30.5 Å². The molecule has 1 fully saturated rings. The number of benzene rings is 1. The van der Waals surface area contributed by atoms with Gasteiger partial charge >= 0.3 is 6.18 Å². The van der Waals surface area contributed by atoms with Gasteiger partial charge < -0.3 is 14.6 Å². The zero-order chi connectivity index (χ0) is 19.8. The van der Waals surface area contributed by atoms with Crippen LogP contribution in [0.15, 0.2) is 41.1 Å². The molecule has 1 saturated heterocycles. The third kappa shape index (κ3) is 3.75. The van der Waals surface area contributed by atoms with E-state index in [4.69, 9.17) is 0 Å². The fraction of sp³-hybridized carbons (Fsp3) is 0.444. The summed E-state index contributed by atoms with van der Waals surface area (Å²) in [4.78, 5) is 17.8. The summed E-state index contributed by atoms with van der Waals surface area (Å²) in [6.07, 6.45) is -2.31. The van der Waals surface area contributed by atoms with Crippen LogP contribution >= 0.6 is 15.9 Å². The Hall–Kier alpha value is -1.87. The van der Waals surface area contributed by atoms with Gasteiger partial charge in [-0.2, -0.15) is 13.2 Å². The van der Waals surface area contributed by atoms with E-state index in [1.54, 1.807) is 0 Å². The summed E-state index contributed by atoms with van der Waals surface area (Å²) >= 11 is 3.34. The molecule has 2 aromatic rings. The number of halogens is 4. The predicted molar refractivity (Wildman–Crippen MR) is 95.6 cm³/mol. The number of aliphatic hydroxyl groups is 1. The molecule has 2 unspecified atom stereocenters. The molecule has 0 bridgehead atoms. The van der Waals surface area contributed by atoms with E-state index in [9.17, 15) is 23.1 Å². The highest BCUT2D eigenvalue weighted by atomic mass is 79.9. The highest BCUT2D eigenvalue weighted by Crippen LogP contribution is 2.42. The Kier molecular flexibility index (Phi) is 5.36. The van der Waals surface area contributed by atoms with Crippen LogP contribution in [-0.4, -0.2) is 38.2 Å². The summed E-state index contributed by atoms with van der Waals surface area (Å²) in [5.41, 5.74) is -2.48. The lowest BCUT2D eigenvalue weighted by Gasteiger charge is -2.32. The van der Waals surface area contributed by atoms with E-state index < -0.39 is 29.9 Å². The van der Waals surface area contributed by atoms with Crippen LogP contribution in [0.3, 0.4) is 0 Å². The van der Waals surface area contributed by atoms with E-state index in [0.29, 0.717) is 19.4 Å². The Morgan fingerprint density at radius 3 is 2.56 bits per heavy atom. The summed E-state index contributed by atoms with van der Waals surface area (Å²) in [5, 5.41) is 10.5. The molecule has 0 radical (unpaired) electrons. The minimum Gasteiger partial charge on any atom is -0.374 e. The molecular weight excluding hydrogens is 427 g/mol. The van der Waals surface area contributed by atoms with Crippen LogP contribution in [0.5, 0.6) is 0 Å². The van der Waals surface area contributed by atoms with Gasteiger partial charge in [-0.3, -0.25) is 4.79 Å². The molecule has 1 N–H and O–H groups in total. The fourth-order valence-corrected chi connectivity index (χ4v) is 3.75. The number of amides is 1. The largest absolute Gasteiger partial charge is 0.425 e. The molecule has 0 saturated carbocycles. The molecule has 1 aromatic carbocycles.